The topological polar surface area (TPSA) is 104 Å². The van der Waals surface area contributed by atoms with E-state index in [0.29, 0.717) is 32.1 Å². The Balaban J connectivity index is 1.65. The predicted octanol–water partition coefficient (Wildman–Crippen LogP) is 2.74. The quantitative estimate of drug-likeness (QED) is 0.301. The normalized spacial score (nSPS) is 27.7. The van der Waals surface area contributed by atoms with Crippen molar-refractivity contribution in [2.75, 3.05) is 0 Å². The summed E-state index contributed by atoms with van der Waals surface area (Å²) in [5.41, 5.74) is -0.795. The molecular formula is C23H27BrO6. The minimum atomic E-state index is -1.90. The van der Waals surface area contributed by atoms with Crippen molar-refractivity contribution in [3.8, 4) is 0 Å². The second-order valence-corrected chi connectivity index (χ2v) is 8.74. The Morgan fingerprint density at radius 1 is 1.20 bits per heavy atom. The first-order valence-electron chi connectivity index (χ1n) is 10.3. The SMILES string of the molecule is O=C1CCC[C@@H]([C@H](O)/C=C2/C(=O)C(Br)=C[C@@]2(O)[C@H](O)CCCCc2ccccc2)O1. The van der Waals surface area contributed by atoms with Crippen molar-refractivity contribution in [2.45, 2.75) is 68.9 Å². The van der Waals surface area contributed by atoms with Crippen LogP contribution in [0.5, 0.6) is 0 Å². The summed E-state index contributed by atoms with van der Waals surface area (Å²) in [6, 6.07) is 10.00. The summed E-state index contributed by atoms with van der Waals surface area (Å²) >= 11 is 3.13. The molecule has 2 aliphatic rings. The highest BCUT2D eigenvalue weighted by molar-refractivity contribution is 9.12. The van der Waals surface area contributed by atoms with Crippen molar-refractivity contribution >= 4 is 27.7 Å². The third-order valence-corrected chi connectivity index (χ3v) is 6.24. The maximum Gasteiger partial charge on any atom is 0.306 e. The third kappa shape index (κ3) is 5.27. The number of benzene rings is 1. The molecule has 1 aromatic rings. The highest BCUT2D eigenvalue weighted by Crippen LogP contribution is 2.38. The van der Waals surface area contributed by atoms with Crippen LogP contribution in [0.15, 0.2) is 52.5 Å². The molecule has 0 saturated carbocycles. The fraction of sp³-hybridized carbons (Fsp3) is 0.478. The molecule has 1 saturated heterocycles. The van der Waals surface area contributed by atoms with Gasteiger partial charge in [0, 0.05) is 12.0 Å². The highest BCUT2D eigenvalue weighted by Gasteiger charge is 2.47. The van der Waals surface area contributed by atoms with Crippen LogP contribution in [0.2, 0.25) is 0 Å². The lowest BCUT2D eigenvalue weighted by atomic mass is 9.86. The summed E-state index contributed by atoms with van der Waals surface area (Å²) in [4.78, 5) is 24.0. The molecule has 3 rings (SSSR count). The molecule has 6 nitrogen and oxygen atoms in total. The number of hydrogen-bond donors (Lipinski definition) is 3. The van der Waals surface area contributed by atoms with Gasteiger partial charge in [0.2, 0.25) is 0 Å². The molecule has 0 spiro atoms. The zero-order chi connectivity index (χ0) is 21.7. The van der Waals surface area contributed by atoms with Gasteiger partial charge in [-0.15, -0.1) is 0 Å². The van der Waals surface area contributed by atoms with Gasteiger partial charge in [0.15, 0.2) is 5.78 Å². The number of aryl methyl sites for hydroxylation is 1. The average molecular weight is 479 g/mol. The van der Waals surface area contributed by atoms with Crippen molar-refractivity contribution in [1.29, 1.82) is 0 Å². The van der Waals surface area contributed by atoms with E-state index < -0.39 is 35.7 Å². The molecule has 0 bridgehead atoms. The van der Waals surface area contributed by atoms with E-state index in [1.54, 1.807) is 0 Å². The van der Waals surface area contributed by atoms with Crippen LogP contribution >= 0.6 is 15.9 Å². The molecule has 1 fully saturated rings. The Labute approximate surface area is 184 Å². The molecule has 0 aromatic heterocycles. The number of aliphatic hydroxyl groups excluding tert-OH is 2. The molecular weight excluding hydrogens is 452 g/mol. The summed E-state index contributed by atoms with van der Waals surface area (Å²) in [5, 5.41) is 32.3. The summed E-state index contributed by atoms with van der Waals surface area (Å²) in [6.07, 6.45) is 3.29. The van der Waals surface area contributed by atoms with E-state index in [1.165, 1.54) is 17.7 Å². The molecule has 3 N–H and O–H groups in total. The predicted molar refractivity (Wildman–Crippen MR) is 115 cm³/mol. The molecule has 7 heteroatoms. The Bertz CT molecular complexity index is 833. The number of carbonyl (C=O) groups is 2. The van der Waals surface area contributed by atoms with Gasteiger partial charge >= 0.3 is 5.97 Å². The second-order valence-electron chi connectivity index (χ2n) is 7.89. The number of cyclic esters (lactones) is 1. The van der Waals surface area contributed by atoms with E-state index >= 15 is 0 Å². The van der Waals surface area contributed by atoms with Gasteiger partial charge in [-0.05, 0) is 65.7 Å². The van der Waals surface area contributed by atoms with Crippen LogP contribution in [-0.2, 0) is 20.7 Å². The Hall–Kier alpha value is -1.80. The molecule has 1 aromatic carbocycles. The largest absolute Gasteiger partial charge is 0.459 e. The van der Waals surface area contributed by atoms with Crippen LogP contribution in [0, 0.1) is 0 Å². The number of unbranched alkanes of at least 4 members (excludes halogenated alkanes) is 1. The number of carbonyl (C=O) groups excluding carboxylic acids is 2. The van der Waals surface area contributed by atoms with Crippen molar-refractivity contribution in [3.05, 3.63) is 58.1 Å². The number of ketones is 1. The monoisotopic (exact) mass is 478 g/mol. The number of aliphatic hydroxyl groups is 3. The van der Waals surface area contributed by atoms with Crippen molar-refractivity contribution in [2.24, 2.45) is 0 Å². The molecule has 0 unspecified atom stereocenters. The minimum Gasteiger partial charge on any atom is -0.459 e. The fourth-order valence-electron chi connectivity index (χ4n) is 3.92. The number of esters is 1. The number of hydrogen-bond acceptors (Lipinski definition) is 6. The van der Waals surface area contributed by atoms with Crippen molar-refractivity contribution < 1.29 is 29.6 Å². The van der Waals surface area contributed by atoms with E-state index in [1.807, 2.05) is 30.3 Å². The number of rotatable bonds is 8. The van der Waals surface area contributed by atoms with Gasteiger partial charge in [-0.1, -0.05) is 36.8 Å². The van der Waals surface area contributed by atoms with E-state index in [9.17, 15) is 24.9 Å². The summed E-state index contributed by atoms with van der Waals surface area (Å²) < 4.78 is 5.28. The summed E-state index contributed by atoms with van der Waals surface area (Å²) in [7, 11) is 0. The molecule has 1 heterocycles. The molecule has 162 valence electrons. The Morgan fingerprint density at radius 2 is 1.93 bits per heavy atom. The molecule has 4 atom stereocenters. The zero-order valence-electron chi connectivity index (χ0n) is 16.7. The van der Waals surface area contributed by atoms with Crippen LogP contribution in [-0.4, -0.2) is 51.0 Å². The van der Waals surface area contributed by atoms with Gasteiger partial charge in [0.1, 0.15) is 17.8 Å². The first kappa shape index (κ1) is 22.9. The second kappa shape index (κ2) is 10.0. The van der Waals surface area contributed by atoms with Gasteiger partial charge in [-0.3, -0.25) is 9.59 Å². The number of allylic oxidation sites excluding steroid dienone is 1. The van der Waals surface area contributed by atoms with Crippen LogP contribution in [0.25, 0.3) is 0 Å². The lowest BCUT2D eigenvalue weighted by Crippen LogP contribution is -2.43. The minimum absolute atomic E-state index is 0.0981. The van der Waals surface area contributed by atoms with Crippen molar-refractivity contribution in [1.82, 2.24) is 0 Å². The van der Waals surface area contributed by atoms with Gasteiger partial charge in [-0.2, -0.15) is 0 Å². The number of halogens is 1. The van der Waals surface area contributed by atoms with Crippen LogP contribution in [0.4, 0.5) is 0 Å². The number of ether oxygens (including phenoxy) is 1. The lowest BCUT2D eigenvalue weighted by molar-refractivity contribution is -0.158. The lowest BCUT2D eigenvalue weighted by Gasteiger charge is -2.30. The maximum atomic E-state index is 12.5. The van der Waals surface area contributed by atoms with Crippen molar-refractivity contribution in [3.63, 3.8) is 0 Å². The Kier molecular flexibility index (Phi) is 7.63. The fourth-order valence-corrected chi connectivity index (χ4v) is 4.48. The van der Waals surface area contributed by atoms with E-state index in [4.69, 9.17) is 4.74 Å². The maximum absolute atomic E-state index is 12.5. The van der Waals surface area contributed by atoms with Gasteiger partial charge in [-0.25, -0.2) is 0 Å². The first-order valence-corrected chi connectivity index (χ1v) is 11.1. The molecule has 0 radical (unpaired) electrons. The van der Waals surface area contributed by atoms with E-state index in [-0.39, 0.29) is 10.1 Å². The average Bonchev–Trinajstić information content (AvgIpc) is 2.96. The van der Waals surface area contributed by atoms with Gasteiger partial charge in [0.25, 0.3) is 0 Å². The molecule has 1 aliphatic carbocycles. The molecule has 0 amide bonds. The zero-order valence-corrected chi connectivity index (χ0v) is 18.3. The molecule has 1 aliphatic heterocycles. The first-order chi connectivity index (χ1) is 14.3. The van der Waals surface area contributed by atoms with Crippen LogP contribution in [0.3, 0.4) is 0 Å². The van der Waals surface area contributed by atoms with E-state index in [2.05, 4.69) is 15.9 Å². The van der Waals surface area contributed by atoms with E-state index in [0.717, 1.165) is 12.8 Å². The van der Waals surface area contributed by atoms with Gasteiger partial charge in [0.05, 0.1) is 10.6 Å². The number of Topliss-reactive ketones (excluding diaryl/α,β-unsaturated/α-hetero) is 1. The smallest absolute Gasteiger partial charge is 0.306 e. The van der Waals surface area contributed by atoms with Crippen LogP contribution < -0.4 is 0 Å². The summed E-state index contributed by atoms with van der Waals surface area (Å²) in [5.74, 6) is -0.892. The van der Waals surface area contributed by atoms with Crippen LogP contribution in [0.1, 0.15) is 44.1 Å². The summed E-state index contributed by atoms with van der Waals surface area (Å²) in [6.45, 7) is 0. The third-order valence-electron chi connectivity index (χ3n) is 5.65. The molecule has 30 heavy (non-hydrogen) atoms. The Morgan fingerprint density at radius 3 is 2.63 bits per heavy atom. The van der Waals surface area contributed by atoms with Gasteiger partial charge < -0.3 is 20.1 Å². The highest BCUT2D eigenvalue weighted by atomic mass is 79.9. The standard InChI is InChI=1S/C23H27BrO6/c24-17-14-23(29,20(26)11-5-4-9-15-7-2-1-3-8-15)16(22(17)28)13-18(25)19-10-6-12-21(27)30-19/h1-3,7-8,13-14,18-20,25-26,29H,4-6,9-12H2/b16-13-/t18-,19+,20-,23+/m1/s1.